The van der Waals surface area contributed by atoms with Crippen molar-refractivity contribution in [2.75, 3.05) is 20.0 Å². The topological polar surface area (TPSA) is 109 Å². The first-order valence-electron chi connectivity index (χ1n) is 11.0. The molecule has 8 nitrogen and oxygen atoms in total. The van der Waals surface area contributed by atoms with Gasteiger partial charge in [0.1, 0.15) is 11.7 Å². The number of methoxy groups -OCH3 is 2. The van der Waals surface area contributed by atoms with Gasteiger partial charge in [0, 0.05) is 18.0 Å². The molecule has 4 atom stereocenters. The first-order chi connectivity index (χ1) is 16.2. The van der Waals surface area contributed by atoms with Crippen molar-refractivity contribution in [1.82, 2.24) is 10.2 Å². The molecule has 0 saturated carbocycles. The van der Waals surface area contributed by atoms with Gasteiger partial charge in [-0.15, -0.1) is 0 Å². The molecule has 2 aliphatic rings. The SMILES string of the molecule is COC(=O)[C@@H]1C(=O)NC(SCC(=O)N2[C@H](C)CCC[C@H]2C)=C(C#N)[C@H]1c1ccc(OC)c(Br)c1. The van der Waals surface area contributed by atoms with Crippen molar-refractivity contribution in [3.63, 3.8) is 0 Å². The molecule has 3 rings (SSSR count). The first kappa shape index (κ1) is 26.1. The number of likely N-dealkylation sites (tertiary alicyclic amines) is 1. The highest BCUT2D eigenvalue weighted by molar-refractivity contribution is 9.10. The van der Waals surface area contributed by atoms with Crippen LogP contribution in [-0.4, -0.2) is 54.7 Å². The summed E-state index contributed by atoms with van der Waals surface area (Å²) in [6.45, 7) is 4.08. The van der Waals surface area contributed by atoms with E-state index in [0.29, 0.717) is 15.8 Å². The molecule has 182 valence electrons. The van der Waals surface area contributed by atoms with Crippen molar-refractivity contribution in [2.24, 2.45) is 5.92 Å². The standard InChI is InChI=1S/C24H28BrN3O5S/c1-13-6-5-7-14(2)28(13)19(29)12-34-23-16(11-26)20(21(22(30)27-23)24(31)33-4)15-8-9-18(32-3)17(25)10-15/h8-10,13-14,20-21H,5-7,12H2,1-4H3,(H,27,30)/t13-,14-,20-,21+/m1/s1. The van der Waals surface area contributed by atoms with Gasteiger partial charge in [-0.25, -0.2) is 0 Å². The van der Waals surface area contributed by atoms with Gasteiger partial charge in [-0.1, -0.05) is 17.8 Å². The Morgan fingerprint density at radius 2 is 1.94 bits per heavy atom. The highest BCUT2D eigenvalue weighted by Gasteiger charge is 2.44. The van der Waals surface area contributed by atoms with Crippen molar-refractivity contribution in [1.29, 1.82) is 5.26 Å². The molecule has 10 heteroatoms. The van der Waals surface area contributed by atoms with Gasteiger partial charge in [0.05, 0.1) is 41.1 Å². The Morgan fingerprint density at radius 3 is 2.50 bits per heavy atom. The lowest BCUT2D eigenvalue weighted by molar-refractivity contribution is -0.150. The molecule has 1 saturated heterocycles. The number of nitriles is 1. The van der Waals surface area contributed by atoms with Gasteiger partial charge in [-0.2, -0.15) is 5.26 Å². The largest absolute Gasteiger partial charge is 0.496 e. The summed E-state index contributed by atoms with van der Waals surface area (Å²) in [5.41, 5.74) is 0.793. The molecular weight excluding hydrogens is 522 g/mol. The van der Waals surface area contributed by atoms with Crippen LogP contribution >= 0.6 is 27.7 Å². The number of carbonyl (C=O) groups excluding carboxylic acids is 3. The highest BCUT2D eigenvalue weighted by atomic mass is 79.9. The predicted molar refractivity (Wildman–Crippen MR) is 132 cm³/mol. The second kappa shape index (κ2) is 11.3. The fourth-order valence-corrected chi connectivity index (χ4v) is 6.15. The van der Waals surface area contributed by atoms with Crippen LogP contribution in [0.4, 0.5) is 0 Å². The van der Waals surface area contributed by atoms with E-state index in [9.17, 15) is 19.6 Å². The molecule has 1 aromatic carbocycles. The summed E-state index contributed by atoms with van der Waals surface area (Å²) in [7, 11) is 2.73. The van der Waals surface area contributed by atoms with Crippen LogP contribution in [0.3, 0.4) is 0 Å². The van der Waals surface area contributed by atoms with Gasteiger partial charge in [-0.3, -0.25) is 14.4 Å². The number of benzene rings is 1. The Bertz CT molecular complexity index is 1040. The molecule has 0 aromatic heterocycles. The van der Waals surface area contributed by atoms with E-state index in [1.807, 2.05) is 18.7 Å². The van der Waals surface area contributed by atoms with E-state index < -0.39 is 23.7 Å². The average Bonchev–Trinajstić information content (AvgIpc) is 2.81. The molecule has 1 N–H and O–H groups in total. The van der Waals surface area contributed by atoms with Crippen LogP contribution in [0, 0.1) is 17.2 Å². The summed E-state index contributed by atoms with van der Waals surface area (Å²) in [6, 6.07) is 7.60. The monoisotopic (exact) mass is 549 g/mol. The third kappa shape index (κ3) is 5.26. The molecule has 1 aromatic rings. The number of rotatable bonds is 6. The molecular formula is C24H28BrN3O5S. The Kier molecular flexibility index (Phi) is 8.66. The maximum Gasteiger partial charge on any atom is 0.319 e. The van der Waals surface area contributed by atoms with Gasteiger partial charge < -0.3 is 19.7 Å². The van der Waals surface area contributed by atoms with Gasteiger partial charge >= 0.3 is 5.97 Å². The van der Waals surface area contributed by atoms with Crippen LogP contribution < -0.4 is 10.1 Å². The number of carbonyl (C=O) groups is 3. The van der Waals surface area contributed by atoms with E-state index in [-0.39, 0.29) is 34.3 Å². The molecule has 0 radical (unpaired) electrons. The number of ether oxygens (including phenoxy) is 2. The molecule has 2 heterocycles. The fraction of sp³-hybridized carbons (Fsp3) is 0.500. The Labute approximate surface area is 212 Å². The number of piperidine rings is 1. The molecule has 1 fully saturated rings. The number of halogens is 1. The molecule has 2 amide bonds. The molecule has 0 unspecified atom stereocenters. The Balaban J connectivity index is 1.96. The Morgan fingerprint density at radius 1 is 1.26 bits per heavy atom. The van der Waals surface area contributed by atoms with E-state index in [1.54, 1.807) is 18.2 Å². The first-order valence-corrected chi connectivity index (χ1v) is 12.8. The zero-order valence-electron chi connectivity index (χ0n) is 19.6. The summed E-state index contributed by atoms with van der Waals surface area (Å²) in [5.74, 6) is -2.79. The van der Waals surface area contributed by atoms with Crippen LogP contribution in [0.2, 0.25) is 0 Å². The van der Waals surface area contributed by atoms with Crippen molar-refractivity contribution >= 4 is 45.5 Å². The second-order valence-corrected chi connectivity index (χ2v) is 10.3. The number of thioether (sulfide) groups is 1. The summed E-state index contributed by atoms with van der Waals surface area (Å²) < 4.78 is 10.8. The van der Waals surface area contributed by atoms with E-state index in [2.05, 4.69) is 27.3 Å². The maximum atomic E-state index is 13.0. The van der Waals surface area contributed by atoms with Crippen LogP contribution in [0.15, 0.2) is 33.3 Å². The average molecular weight is 550 g/mol. The summed E-state index contributed by atoms with van der Waals surface area (Å²) >= 11 is 4.55. The minimum atomic E-state index is -1.23. The van der Waals surface area contributed by atoms with Crippen LogP contribution in [0.25, 0.3) is 0 Å². The molecule has 2 aliphatic heterocycles. The van der Waals surface area contributed by atoms with Gasteiger partial charge in [-0.05, 0) is 66.7 Å². The summed E-state index contributed by atoms with van der Waals surface area (Å²) in [4.78, 5) is 40.5. The lowest BCUT2D eigenvalue weighted by atomic mass is 9.78. The van der Waals surface area contributed by atoms with Crippen molar-refractivity contribution in [3.05, 3.63) is 38.8 Å². The van der Waals surface area contributed by atoms with Crippen molar-refractivity contribution < 1.29 is 23.9 Å². The number of hydrogen-bond donors (Lipinski definition) is 1. The number of amides is 2. The number of nitrogens with zero attached hydrogens (tertiary/aromatic N) is 2. The van der Waals surface area contributed by atoms with Crippen LogP contribution in [0.1, 0.15) is 44.6 Å². The molecule has 34 heavy (non-hydrogen) atoms. The lowest BCUT2D eigenvalue weighted by Gasteiger charge is -2.39. The van der Waals surface area contributed by atoms with E-state index in [1.165, 1.54) is 14.2 Å². The lowest BCUT2D eigenvalue weighted by Crippen LogP contribution is -2.48. The zero-order chi connectivity index (χ0) is 25.0. The number of allylic oxidation sites excluding steroid dienone is 1. The third-order valence-electron chi connectivity index (χ3n) is 6.34. The minimum absolute atomic E-state index is 0.0393. The third-order valence-corrected chi connectivity index (χ3v) is 7.96. The van der Waals surface area contributed by atoms with Crippen molar-refractivity contribution in [3.8, 4) is 11.8 Å². The number of esters is 1. The predicted octanol–water partition coefficient (Wildman–Crippen LogP) is 3.72. The molecule has 0 spiro atoms. The molecule has 0 aliphatic carbocycles. The number of nitrogens with one attached hydrogen (secondary N) is 1. The number of hydrogen-bond acceptors (Lipinski definition) is 7. The highest BCUT2D eigenvalue weighted by Crippen LogP contribution is 2.42. The van der Waals surface area contributed by atoms with Crippen LogP contribution in [0.5, 0.6) is 5.75 Å². The van der Waals surface area contributed by atoms with Gasteiger partial charge in [0.25, 0.3) is 0 Å². The van der Waals surface area contributed by atoms with E-state index in [0.717, 1.165) is 31.0 Å². The van der Waals surface area contributed by atoms with E-state index >= 15 is 0 Å². The van der Waals surface area contributed by atoms with Gasteiger partial charge in [0.15, 0.2) is 0 Å². The Hall–Kier alpha value is -2.51. The summed E-state index contributed by atoms with van der Waals surface area (Å²) in [5, 5.41) is 13.0. The maximum absolute atomic E-state index is 13.0. The zero-order valence-corrected chi connectivity index (χ0v) is 22.0. The van der Waals surface area contributed by atoms with Crippen LogP contribution in [-0.2, 0) is 19.1 Å². The second-order valence-electron chi connectivity index (χ2n) is 8.43. The quantitative estimate of drug-likeness (QED) is 0.425. The van der Waals surface area contributed by atoms with Crippen molar-refractivity contribution in [2.45, 2.75) is 51.1 Å². The summed E-state index contributed by atoms with van der Waals surface area (Å²) in [6.07, 6.45) is 3.00. The smallest absolute Gasteiger partial charge is 0.319 e. The molecule has 0 bridgehead atoms. The van der Waals surface area contributed by atoms with E-state index in [4.69, 9.17) is 9.47 Å². The normalized spacial score (nSPS) is 24.8. The van der Waals surface area contributed by atoms with Gasteiger partial charge in [0.2, 0.25) is 11.8 Å². The fourth-order valence-electron chi connectivity index (χ4n) is 4.68. The minimum Gasteiger partial charge on any atom is -0.496 e.